The Labute approximate surface area is 172 Å². The number of pyridine rings is 1. The predicted octanol–water partition coefficient (Wildman–Crippen LogP) is 3.32. The number of anilines is 2. The molecule has 0 bridgehead atoms. The maximum absolute atomic E-state index is 12.7. The van der Waals surface area contributed by atoms with Gasteiger partial charge >= 0.3 is 0 Å². The highest BCUT2D eigenvalue weighted by atomic mass is 32.2. The zero-order chi connectivity index (χ0) is 20.8. The minimum Gasteiger partial charge on any atom is -0.495 e. The molecule has 0 saturated carbocycles. The zero-order valence-corrected chi connectivity index (χ0v) is 16.5. The van der Waals surface area contributed by atoms with Crippen molar-refractivity contribution in [1.82, 2.24) is 4.98 Å². The molecule has 3 rings (SSSR count). The van der Waals surface area contributed by atoms with Crippen LogP contribution in [-0.4, -0.2) is 23.9 Å². The number of nitrogen functional groups attached to an aromatic ring is 1. The summed E-state index contributed by atoms with van der Waals surface area (Å²) >= 11 is 1.33. The Hall–Kier alpha value is -3.52. The first-order valence-electron chi connectivity index (χ1n) is 8.71. The van der Waals surface area contributed by atoms with Crippen molar-refractivity contribution in [3.8, 4) is 5.75 Å². The number of ether oxygens (including phenoxy) is 1. The zero-order valence-electron chi connectivity index (χ0n) is 15.7. The number of primary amides is 1. The highest BCUT2D eigenvalue weighted by Gasteiger charge is 2.20. The molecular formula is C21H20N4O3S. The van der Waals surface area contributed by atoms with Gasteiger partial charge in [-0.2, -0.15) is 0 Å². The van der Waals surface area contributed by atoms with Gasteiger partial charge in [0.15, 0.2) is 0 Å². The number of hydrogen-bond donors (Lipinski definition) is 3. The molecule has 0 aliphatic heterocycles. The molecule has 2 aromatic carbocycles. The molecule has 0 saturated heterocycles. The monoisotopic (exact) mass is 408 g/mol. The lowest BCUT2D eigenvalue weighted by Gasteiger charge is -2.13. The fraction of sp³-hybridized carbons (Fsp3) is 0.0952. The Morgan fingerprint density at radius 3 is 2.45 bits per heavy atom. The minimum absolute atomic E-state index is 0.0120. The first-order chi connectivity index (χ1) is 14.0. The third kappa shape index (κ3) is 4.85. The van der Waals surface area contributed by atoms with Gasteiger partial charge in [-0.1, -0.05) is 42.5 Å². The van der Waals surface area contributed by atoms with Crippen molar-refractivity contribution in [1.29, 1.82) is 0 Å². The third-order valence-corrected chi connectivity index (χ3v) is 5.16. The van der Waals surface area contributed by atoms with Crippen LogP contribution in [-0.2, 0) is 5.75 Å². The second-order valence-corrected chi connectivity index (χ2v) is 7.03. The second kappa shape index (κ2) is 9.11. The quantitative estimate of drug-likeness (QED) is 0.516. The molecule has 29 heavy (non-hydrogen) atoms. The van der Waals surface area contributed by atoms with E-state index in [-0.39, 0.29) is 16.9 Å². The number of thioether (sulfide) groups is 1. The largest absolute Gasteiger partial charge is 0.495 e. The summed E-state index contributed by atoms with van der Waals surface area (Å²) in [4.78, 5) is 28.9. The molecule has 1 aromatic heterocycles. The summed E-state index contributed by atoms with van der Waals surface area (Å²) in [6.07, 6.45) is 0. The number of para-hydroxylation sites is 2. The maximum atomic E-state index is 12.7. The van der Waals surface area contributed by atoms with Crippen LogP contribution in [0.1, 0.15) is 26.3 Å². The van der Waals surface area contributed by atoms with Crippen molar-refractivity contribution in [2.24, 2.45) is 5.73 Å². The molecule has 5 N–H and O–H groups in total. The summed E-state index contributed by atoms with van der Waals surface area (Å²) < 4.78 is 5.23. The lowest BCUT2D eigenvalue weighted by molar-refractivity contribution is 0.0997. The number of carbonyl (C=O) groups is 2. The average Bonchev–Trinajstić information content (AvgIpc) is 2.73. The minimum atomic E-state index is -0.681. The third-order valence-electron chi connectivity index (χ3n) is 4.10. The number of carbonyl (C=O) groups excluding carboxylic acids is 2. The number of nitrogens with zero attached hydrogens (tertiary/aromatic N) is 1. The van der Waals surface area contributed by atoms with Crippen LogP contribution < -0.4 is 21.5 Å². The van der Waals surface area contributed by atoms with E-state index in [1.807, 2.05) is 30.3 Å². The van der Waals surface area contributed by atoms with Gasteiger partial charge in [-0.05, 0) is 23.8 Å². The number of hydrogen-bond acceptors (Lipinski definition) is 6. The highest BCUT2D eigenvalue weighted by molar-refractivity contribution is 7.98. The molecule has 0 aliphatic carbocycles. The van der Waals surface area contributed by atoms with Crippen molar-refractivity contribution in [3.05, 3.63) is 77.4 Å². The maximum Gasteiger partial charge on any atom is 0.259 e. The first-order valence-corrected chi connectivity index (χ1v) is 9.69. The lowest BCUT2D eigenvalue weighted by Crippen LogP contribution is -2.20. The fourth-order valence-electron chi connectivity index (χ4n) is 2.64. The van der Waals surface area contributed by atoms with E-state index in [0.717, 1.165) is 5.56 Å². The van der Waals surface area contributed by atoms with Gasteiger partial charge in [0.05, 0.1) is 23.9 Å². The van der Waals surface area contributed by atoms with Crippen LogP contribution in [0, 0.1) is 0 Å². The summed E-state index contributed by atoms with van der Waals surface area (Å²) in [6, 6.07) is 18.1. The molecule has 0 unspecified atom stereocenters. The summed E-state index contributed by atoms with van der Waals surface area (Å²) in [5, 5.41) is 3.10. The molecule has 8 heteroatoms. The van der Waals surface area contributed by atoms with E-state index in [2.05, 4.69) is 10.3 Å². The molecule has 1 heterocycles. The Morgan fingerprint density at radius 1 is 1.07 bits per heavy atom. The van der Waals surface area contributed by atoms with Crippen LogP contribution >= 0.6 is 11.8 Å². The fourth-order valence-corrected chi connectivity index (χ4v) is 3.62. The normalized spacial score (nSPS) is 10.4. The van der Waals surface area contributed by atoms with Gasteiger partial charge < -0.3 is 21.5 Å². The average molecular weight is 408 g/mol. The number of benzene rings is 2. The predicted molar refractivity (Wildman–Crippen MR) is 114 cm³/mol. The van der Waals surface area contributed by atoms with Crippen molar-refractivity contribution in [3.63, 3.8) is 0 Å². The first kappa shape index (κ1) is 20.2. The van der Waals surface area contributed by atoms with Crippen molar-refractivity contribution in [2.75, 3.05) is 18.2 Å². The van der Waals surface area contributed by atoms with E-state index in [1.54, 1.807) is 24.3 Å². The highest BCUT2D eigenvalue weighted by Crippen LogP contribution is 2.29. The van der Waals surface area contributed by atoms with Crippen LogP contribution in [0.3, 0.4) is 0 Å². The molecule has 0 radical (unpaired) electrons. The summed E-state index contributed by atoms with van der Waals surface area (Å²) in [5.41, 5.74) is 13.3. The van der Waals surface area contributed by atoms with Gasteiger partial charge in [0.1, 0.15) is 16.6 Å². The topological polar surface area (TPSA) is 120 Å². The lowest BCUT2D eigenvalue weighted by atomic mass is 10.1. The van der Waals surface area contributed by atoms with Crippen molar-refractivity contribution >= 4 is 35.1 Å². The molecule has 2 amide bonds. The number of nitrogens with one attached hydrogen (secondary N) is 1. The standard InChI is InChI=1S/C21H20N4O3S/c1-28-17-10-6-5-9-16(17)24-20(27)14-11-15(19(23)26)21(25-18(14)22)29-12-13-7-3-2-4-8-13/h2-11H,12H2,1H3,(H2,22,25)(H2,23,26)(H,24,27). The molecule has 3 aromatic rings. The number of methoxy groups -OCH3 is 1. The smallest absolute Gasteiger partial charge is 0.259 e. The van der Waals surface area contributed by atoms with Crippen molar-refractivity contribution < 1.29 is 14.3 Å². The molecule has 0 spiro atoms. The summed E-state index contributed by atoms with van der Waals surface area (Å²) in [7, 11) is 1.50. The van der Waals surface area contributed by atoms with Crippen LogP contribution in [0.15, 0.2) is 65.7 Å². The van der Waals surface area contributed by atoms with Gasteiger partial charge in [-0.3, -0.25) is 9.59 Å². The second-order valence-electron chi connectivity index (χ2n) is 6.07. The molecule has 148 valence electrons. The number of amides is 2. The number of aromatic nitrogens is 1. The van der Waals surface area contributed by atoms with Gasteiger partial charge in [0.25, 0.3) is 11.8 Å². The van der Waals surface area contributed by atoms with E-state index in [4.69, 9.17) is 16.2 Å². The number of nitrogens with two attached hydrogens (primary N) is 2. The molecule has 7 nitrogen and oxygen atoms in total. The van der Waals surface area contributed by atoms with Crippen LogP contribution in [0.4, 0.5) is 11.5 Å². The number of rotatable bonds is 7. The van der Waals surface area contributed by atoms with Gasteiger partial charge in [0, 0.05) is 5.75 Å². The van der Waals surface area contributed by atoms with Crippen LogP contribution in [0.2, 0.25) is 0 Å². The van der Waals surface area contributed by atoms with E-state index in [1.165, 1.54) is 24.9 Å². The molecule has 0 atom stereocenters. The summed E-state index contributed by atoms with van der Waals surface area (Å²) in [5.74, 6) is -0.100. The Kier molecular flexibility index (Phi) is 6.36. The molecule has 0 fully saturated rings. The van der Waals surface area contributed by atoms with E-state index in [9.17, 15) is 9.59 Å². The van der Waals surface area contributed by atoms with Crippen LogP contribution in [0.25, 0.3) is 0 Å². The van der Waals surface area contributed by atoms with E-state index < -0.39 is 11.8 Å². The van der Waals surface area contributed by atoms with E-state index in [0.29, 0.717) is 22.2 Å². The molecule has 0 aliphatic rings. The van der Waals surface area contributed by atoms with Gasteiger partial charge in [-0.15, -0.1) is 11.8 Å². The SMILES string of the molecule is COc1ccccc1NC(=O)c1cc(C(N)=O)c(SCc2ccccc2)nc1N. The van der Waals surface area contributed by atoms with E-state index >= 15 is 0 Å². The summed E-state index contributed by atoms with van der Waals surface area (Å²) in [6.45, 7) is 0. The Balaban J connectivity index is 1.87. The Morgan fingerprint density at radius 2 is 1.76 bits per heavy atom. The Bertz CT molecular complexity index is 1040. The van der Waals surface area contributed by atoms with Gasteiger partial charge in [0.2, 0.25) is 0 Å². The van der Waals surface area contributed by atoms with Crippen molar-refractivity contribution in [2.45, 2.75) is 10.8 Å². The van der Waals surface area contributed by atoms with Crippen LogP contribution in [0.5, 0.6) is 5.75 Å². The molecular weight excluding hydrogens is 388 g/mol. The van der Waals surface area contributed by atoms with Gasteiger partial charge in [-0.25, -0.2) is 4.98 Å².